The summed E-state index contributed by atoms with van der Waals surface area (Å²) >= 11 is 3.27. The second-order valence-corrected chi connectivity index (χ2v) is 2.90. The first-order valence-corrected chi connectivity index (χ1v) is 3.87. The third kappa shape index (κ3) is 1.21. The summed E-state index contributed by atoms with van der Waals surface area (Å²) in [5.41, 5.74) is 0.864. The number of nitrogens with zero attached hydrogens (tertiary/aromatic N) is 3. The van der Waals surface area contributed by atoms with Crippen molar-refractivity contribution >= 4 is 26.8 Å². The van der Waals surface area contributed by atoms with E-state index < -0.39 is 0 Å². The molecule has 0 unspecified atom stereocenters. The predicted molar refractivity (Wildman–Crippen MR) is 45.0 cm³/mol. The Labute approximate surface area is 71.6 Å². The summed E-state index contributed by atoms with van der Waals surface area (Å²) in [4.78, 5) is 12.0. The minimum Gasteiger partial charge on any atom is -0.247 e. The van der Waals surface area contributed by atoms with Crippen LogP contribution in [0.1, 0.15) is 0 Å². The monoisotopic (exact) mass is 209 g/mol. The molecule has 0 aliphatic heterocycles. The van der Waals surface area contributed by atoms with Gasteiger partial charge in [0.1, 0.15) is 10.9 Å². The van der Waals surface area contributed by atoms with E-state index in [4.69, 9.17) is 0 Å². The highest BCUT2D eigenvalue weighted by Gasteiger charge is 1.93. The quantitative estimate of drug-likeness (QED) is 0.622. The fraction of sp³-hybridized carbons (Fsp3) is 0. The van der Waals surface area contributed by atoms with Crippen LogP contribution in [-0.4, -0.2) is 15.0 Å². The Bertz CT molecular complexity index is 388. The van der Waals surface area contributed by atoms with Gasteiger partial charge in [-0.25, -0.2) is 15.0 Å². The molecule has 0 saturated heterocycles. The highest BCUT2D eigenvalue weighted by molar-refractivity contribution is 9.10. The topological polar surface area (TPSA) is 38.7 Å². The number of halogens is 1. The molecular weight excluding hydrogens is 206 g/mol. The molecule has 11 heavy (non-hydrogen) atoms. The van der Waals surface area contributed by atoms with Crippen LogP contribution in [0.2, 0.25) is 0 Å². The average molecular weight is 210 g/mol. The third-order valence-electron chi connectivity index (χ3n) is 1.36. The first-order valence-electron chi connectivity index (χ1n) is 3.07. The molecule has 0 aromatic carbocycles. The van der Waals surface area contributed by atoms with Crippen molar-refractivity contribution in [1.82, 2.24) is 15.0 Å². The summed E-state index contributed by atoms with van der Waals surface area (Å²) in [5, 5.41) is 0.995. The van der Waals surface area contributed by atoms with Gasteiger partial charge in [-0.15, -0.1) is 0 Å². The molecule has 2 aromatic rings. The maximum atomic E-state index is 4.03. The summed E-state index contributed by atoms with van der Waals surface area (Å²) in [5.74, 6) is 0. The molecule has 2 rings (SSSR count). The van der Waals surface area contributed by atoms with Gasteiger partial charge >= 0.3 is 0 Å². The molecule has 0 spiro atoms. The van der Waals surface area contributed by atoms with E-state index in [1.54, 1.807) is 12.4 Å². The van der Waals surface area contributed by atoms with Crippen molar-refractivity contribution in [1.29, 1.82) is 0 Å². The van der Waals surface area contributed by atoms with E-state index in [2.05, 4.69) is 30.9 Å². The number of aromatic nitrogens is 3. The lowest BCUT2D eigenvalue weighted by Crippen LogP contribution is -1.82. The zero-order valence-electron chi connectivity index (χ0n) is 5.53. The Morgan fingerprint density at radius 1 is 1.18 bits per heavy atom. The number of rotatable bonds is 0. The highest BCUT2D eigenvalue weighted by Crippen LogP contribution is 2.12. The molecule has 0 aliphatic carbocycles. The van der Waals surface area contributed by atoms with Crippen LogP contribution in [0.3, 0.4) is 0 Å². The Hall–Kier alpha value is -1.03. The normalized spacial score (nSPS) is 10.3. The Morgan fingerprint density at radius 2 is 2.09 bits per heavy atom. The van der Waals surface area contributed by atoms with Gasteiger partial charge < -0.3 is 0 Å². The maximum Gasteiger partial charge on any atom is 0.116 e. The van der Waals surface area contributed by atoms with Crippen molar-refractivity contribution in [3.8, 4) is 0 Å². The molecule has 0 atom stereocenters. The number of pyridine rings is 1. The fourth-order valence-corrected chi connectivity index (χ4v) is 1.21. The van der Waals surface area contributed by atoms with Crippen LogP contribution < -0.4 is 0 Å². The van der Waals surface area contributed by atoms with Gasteiger partial charge in [-0.05, 0) is 22.0 Å². The van der Waals surface area contributed by atoms with Crippen LogP contribution in [0.25, 0.3) is 10.9 Å². The summed E-state index contributed by atoms with van der Waals surface area (Å²) in [7, 11) is 0. The van der Waals surface area contributed by atoms with Crippen LogP contribution >= 0.6 is 15.9 Å². The summed E-state index contributed by atoms with van der Waals surface area (Å²) in [6, 6.07) is 1.88. The molecule has 0 bridgehead atoms. The number of hydrogen-bond acceptors (Lipinski definition) is 3. The first kappa shape index (κ1) is 6.67. The van der Waals surface area contributed by atoms with Crippen LogP contribution in [-0.2, 0) is 0 Å². The lowest BCUT2D eigenvalue weighted by atomic mass is 10.3. The van der Waals surface area contributed by atoms with Crippen molar-refractivity contribution in [3.05, 3.63) is 29.4 Å². The minimum absolute atomic E-state index is 0.805. The Morgan fingerprint density at radius 3 is 3.00 bits per heavy atom. The van der Waals surface area contributed by atoms with Gasteiger partial charge in [-0.2, -0.15) is 0 Å². The minimum atomic E-state index is 0.805. The zero-order chi connectivity index (χ0) is 7.68. The molecule has 3 nitrogen and oxygen atoms in total. The van der Waals surface area contributed by atoms with Crippen LogP contribution in [0.4, 0.5) is 0 Å². The standard InChI is InChI=1S/C7H4BrN3/c8-7-1-5-2-9-4-11-6(5)3-10-7/h1-4H. The number of fused-ring (bicyclic) bond motifs is 1. The Kier molecular flexibility index (Phi) is 1.54. The second kappa shape index (κ2) is 2.54. The predicted octanol–water partition coefficient (Wildman–Crippen LogP) is 1.79. The van der Waals surface area contributed by atoms with Crippen molar-refractivity contribution in [3.63, 3.8) is 0 Å². The van der Waals surface area contributed by atoms with Gasteiger partial charge in [0, 0.05) is 11.6 Å². The van der Waals surface area contributed by atoms with E-state index in [1.807, 2.05) is 6.07 Å². The molecule has 54 valence electrons. The van der Waals surface area contributed by atoms with Crippen molar-refractivity contribution < 1.29 is 0 Å². The summed E-state index contributed by atoms with van der Waals surface area (Å²) in [6.45, 7) is 0. The van der Waals surface area contributed by atoms with E-state index in [1.165, 1.54) is 6.33 Å². The van der Waals surface area contributed by atoms with Crippen LogP contribution in [0.15, 0.2) is 29.4 Å². The Balaban J connectivity index is 2.83. The molecule has 4 heteroatoms. The largest absolute Gasteiger partial charge is 0.247 e. The smallest absolute Gasteiger partial charge is 0.116 e. The van der Waals surface area contributed by atoms with Crippen LogP contribution in [0, 0.1) is 0 Å². The molecular formula is C7H4BrN3. The van der Waals surface area contributed by atoms with Gasteiger partial charge in [0.2, 0.25) is 0 Å². The average Bonchev–Trinajstić information content (AvgIpc) is 2.04. The molecule has 0 aliphatic rings. The highest BCUT2D eigenvalue weighted by atomic mass is 79.9. The van der Waals surface area contributed by atoms with Gasteiger partial charge in [-0.1, -0.05) is 0 Å². The lowest BCUT2D eigenvalue weighted by molar-refractivity contribution is 1.19. The van der Waals surface area contributed by atoms with E-state index in [-0.39, 0.29) is 0 Å². The molecule has 0 saturated carbocycles. The van der Waals surface area contributed by atoms with Crippen molar-refractivity contribution in [2.45, 2.75) is 0 Å². The van der Waals surface area contributed by atoms with E-state index in [0.29, 0.717) is 0 Å². The van der Waals surface area contributed by atoms with Crippen molar-refractivity contribution in [2.24, 2.45) is 0 Å². The third-order valence-corrected chi connectivity index (χ3v) is 1.79. The lowest BCUT2D eigenvalue weighted by Gasteiger charge is -1.93. The van der Waals surface area contributed by atoms with Gasteiger partial charge in [-0.3, -0.25) is 0 Å². The molecule has 2 aromatic heterocycles. The molecule has 0 N–H and O–H groups in total. The fourth-order valence-electron chi connectivity index (χ4n) is 0.857. The number of hydrogen-bond donors (Lipinski definition) is 0. The zero-order valence-corrected chi connectivity index (χ0v) is 7.12. The maximum absolute atomic E-state index is 4.03. The second-order valence-electron chi connectivity index (χ2n) is 2.09. The molecule has 0 amide bonds. The summed E-state index contributed by atoms with van der Waals surface area (Å²) < 4.78 is 0.805. The van der Waals surface area contributed by atoms with E-state index in [0.717, 1.165) is 15.5 Å². The molecule has 0 fully saturated rings. The summed E-state index contributed by atoms with van der Waals surface area (Å²) in [6.07, 6.45) is 4.98. The SMILES string of the molecule is Brc1cc2cncnc2cn1. The molecule has 0 radical (unpaired) electrons. The molecule has 2 heterocycles. The van der Waals surface area contributed by atoms with Crippen LogP contribution in [0.5, 0.6) is 0 Å². The van der Waals surface area contributed by atoms with Crippen molar-refractivity contribution in [2.75, 3.05) is 0 Å². The van der Waals surface area contributed by atoms with Gasteiger partial charge in [0.15, 0.2) is 0 Å². The first-order chi connectivity index (χ1) is 5.36. The van der Waals surface area contributed by atoms with E-state index in [9.17, 15) is 0 Å². The van der Waals surface area contributed by atoms with Gasteiger partial charge in [0.05, 0.1) is 11.7 Å². The van der Waals surface area contributed by atoms with Gasteiger partial charge in [0.25, 0.3) is 0 Å². The van der Waals surface area contributed by atoms with E-state index >= 15 is 0 Å².